The minimum Gasteiger partial charge on any atom is -0.351 e. The molecule has 0 saturated heterocycles. The van der Waals surface area contributed by atoms with Gasteiger partial charge in [0.15, 0.2) is 5.78 Å². The van der Waals surface area contributed by atoms with Crippen LogP contribution in [-0.2, 0) is 0 Å². The van der Waals surface area contributed by atoms with Crippen LogP contribution < -0.4 is 10.6 Å². The van der Waals surface area contributed by atoms with Gasteiger partial charge in [-0.05, 0) is 31.9 Å². The van der Waals surface area contributed by atoms with Crippen LogP contribution in [0, 0.1) is 0 Å². The Kier molecular flexibility index (Phi) is 5.38. The maximum Gasteiger partial charge on any atom is 0.258 e. The number of hydrogen-bond donors (Lipinski definition) is 2. The quantitative estimate of drug-likeness (QED) is 0.813. The zero-order chi connectivity index (χ0) is 17.6. The summed E-state index contributed by atoms with van der Waals surface area (Å²) in [4.78, 5) is 32.2. The number of carbonyl (C=O) groups excluding carboxylic acids is 2. The second-order valence-electron chi connectivity index (χ2n) is 6.37. The molecule has 2 aromatic rings. The van der Waals surface area contributed by atoms with Gasteiger partial charge in [-0.1, -0.05) is 31.4 Å². The van der Waals surface area contributed by atoms with Crippen molar-refractivity contribution in [2.24, 2.45) is 0 Å². The number of amides is 1. The van der Waals surface area contributed by atoms with Gasteiger partial charge >= 0.3 is 0 Å². The summed E-state index contributed by atoms with van der Waals surface area (Å²) in [6.45, 7) is 1.49. The maximum absolute atomic E-state index is 12.3. The van der Waals surface area contributed by atoms with Gasteiger partial charge in [-0.3, -0.25) is 9.59 Å². The molecule has 6 heteroatoms. The van der Waals surface area contributed by atoms with E-state index in [1.54, 1.807) is 24.3 Å². The lowest BCUT2D eigenvalue weighted by molar-refractivity contribution is 0.101. The van der Waals surface area contributed by atoms with E-state index in [0.29, 0.717) is 28.8 Å². The maximum atomic E-state index is 12.3. The number of Topliss-reactive ketones (excluding diaryl/α,β-unsaturated/α-hetero) is 1. The lowest BCUT2D eigenvalue weighted by atomic mass is 9.96. The SMILES string of the molecule is CC(=O)c1cccc(NC(=O)c2cnc(NC3CCCCC3)nc2)c1. The highest BCUT2D eigenvalue weighted by atomic mass is 16.1. The molecule has 3 rings (SSSR count). The fourth-order valence-electron chi connectivity index (χ4n) is 2.97. The highest BCUT2D eigenvalue weighted by molar-refractivity contribution is 6.04. The molecule has 0 unspecified atom stereocenters. The number of anilines is 2. The summed E-state index contributed by atoms with van der Waals surface area (Å²) in [6, 6.07) is 7.26. The van der Waals surface area contributed by atoms with Crippen LogP contribution in [0.3, 0.4) is 0 Å². The van der Waals surface area contributed by atoms with Crippen molar-refractivity contribution in [1.29, 1.82) is 0 Å². The second-order valence-corrected chi connectivity index (χ2v) is 6.37. The van der Waals surface area contributed by atoms with Gasteiger partial charge in [0.2, 0.25) is 5.95 Å². The summed E-state index contributed by atoms with van der Waals surface area (Å²) >= 11 is 0. The first-order valence-electron chi connectivity index (χ1n) is 8.63. The molecule has 1 fully saturated rings. The van der Waals surface area contributed by atoms with Crippen LogP contribution >= 0.6 is 0 Å². The molecule has 1 saturated carbocycles. The number of ketones is 1. The van der Waals surface area contributed by atoms with E-state index in [4.69, 9.17) is 0 Å². The van der Waals surface area contributed by atoms with Crippen LogP contribution in [0.1, 0.15) is 59.7 Å². The number of rotatable bonds is 5. The molecule has 1 amide bonds. The molecule has 0 radical (unpaired) electrons. The summed E-state index contributed by atoms with van der Waals surface area (Å²) in [5.41, 5.74) is 1.51. The summed E-state index contributed by atoms with van der Waals surface area (Å²) in [5.74, 6) is 0.213. The first-order valence-corrected chi connectivity index (χ1v) is 8.63. The van der Waals surface area contributed by atoms with E-state index in [2.05, 4.69) is 20.6 Å². The molecule has 0 aliphatic heterocycles. The Morgan fingerprint density at radius 1 is 1.04 bits per heavy atom. The Morgan fingerprint density at radius 3 is 2.44 bits per heavy atom. The Labute approximate surface area is 147 Å². The third kappa shape index (κ3) is 4.62. The number of nitrogens with one attached hydrogen (secondary N) is 2. The number of nitrogens with zero attached hydrogens (tertiary/aromatic N) is 2. The van der Waals surface area contributed by atoms with Crippen molar-refractivity contribution in [2.45, 2.75) is 45.1 Å². The average molecular weight is 338 g/mol. The molecule has 0 spiro atoms. The normalized spacial score (nSPS) is 14.8. The molecule has 25 heavy (non-hydrogen) atoms. The molecule has 130 valence electrons. The van der Waals surface area contributed by atoms with Crippen LogP contribution in [0.15, 0.2) is 36.7 Å². The van der Waals surface area contributed by atoms with Gasteiger partial charge in [0.25, 0.3) is 5.91 Å². The molecule has 0 bridgehead atoms. The van der Waals surface area contributed by atoms with Gasteiger partial charge in [-0.15, -0.1) is 0 Å². The molecule has 1 aromatic heterocycles. The van der Waals surface area contributed by atoms with Crippen LogP contribution in [0.2, 0.25) is 0 Å². The van der Waals surface area contributed by atoms with E-state index in [1.165, 1.54) is 38.6 Å². The van der Waals surface area contributed by atoms with Gasteiger partial charge < -0.3 is 10.6 Å². The first kappa shape index (κ1) is 17.1. The summed E-state index contributed by atoms with van der Waals surface area (Å²) in [5, 5.41) is 6.09. The molecule has 1 aliphatic rings. The minimum atomic E-state index is -0.301. The van der Waals surface area contributed by atoms with Gasteiger partial charge in [-0.25, -0.2) is 9.97 Å². The van der Waals surface area contributed by atoms with Gasteiger partial charge in [0.1, 0.15) is 0 Å². The lowest BCUT2D eigenvalue weighted by Gasteiger charge is -2.22. The Hall–Kier alpha value is -2.76. The van der Waals surface area contributed by atoms with Crippen LogP contribution in [0.25, 0.3) is 0 Å². The average Bonchev–Trinajstić information content (AvgIpc) is 2.63. The Bertz CT molecular complexity index is 752. The molecule has 6 nitrogen and oxygen atoms in total. The number of aromatic nitrogens is 2. The smallest absolute Gasteiger partial charge is 0.258 e. The van der Waals surface area contributed by atoms with Crippen molar-refractivity contribution in [2.75, 3.05) is 10.6 Å². The molecule has 1 aliphatic carbocycles. The number of carbonyl (C=O) groups is 2. The highest BCUT2D eigenvalue weighted by Crippen LogP contribution is 2.20. The van der Waals surface area contributed by atoms with Crippen LogP contribution in [0.4, 0.5) is 11.6 Å². The molecule has 0 atom stereocenters. The zero-order valence-corrected chi connectivity index (χ0v) is 14.3. The summed E-state index contributed by atoms with van der Waals surface area (Å²) in [6.07, 6.45) is 9.07. The zero-order valence-electron chi connectivity index (χ0n) is 14.3. The monoisotopic (exact) mass is 338 g/mol. The van der Waals surface area contributed by atoms with Crippen molar-refractivity contribution < 1.29 is 9.59 Å². The summed E-state index contributed by atoms with van der Waals surface area (Å²) < 4.78 is 0. The van der Waals surface area contributed by atoms with Crippen molar-refractivity contribution in [1.82, 2.24) is 9.97 Å². The molecular formula is C19H22N4O2. The predicted octanol–water partition coefficient (Wildman–Crippen LogP) is 3.68. The van der Waals surface area contributed by atoms with E-state index < -0.39 is 0 Å². The predicted molar refractivity (Wildman–Crippen MR) is 96.9 cm³/mol. The minimum absolute atomic E-state index is 0.0439. The van der Waals surface area contributed by atoms with Crippen molar-refractivity contribution in [3.63, 3.8) is 0 Å². The van der Waals surface area contributed by atoms with E-state index in [9.17, 15) is 9.59 Å². The Morgan fingerprint density at radius 2 is 1.76 bits per heavy atom. The molecule has 1 heterocycles. The fourth-order valence-corrected chi connectivity index (χ4v) is 2.97. The third-order valence-corrected chi connectivity index (χ3v) is 4.38. The topological polar surface area (TPSA) is 84.0 Å². The summed E-state index contributed by atoms with van der Waals surface area (Å²) in [7, 11) is 0. The highest BCUT2D eigenvalue weighted by Gasteiger charge is 2.14. The Balaban J connectivity index is 1.62. The van der Waals surface area contributed by atoms with Crippen molar-refractivity contribution in [3.8, 4) is 0 Å². The number of benzene rings is 1. The van der Waals surface area contributed by atoms with E-state index >= 15 is 0 Å². The van der Waals surface area contributed by atoms with Gasteiger partial charge in [-0.2, -0.15) is 0 Å². The van der Waals surface area contributed by atoms with Crippen LogP contribution in [0.5, 0.6) is 0 Å². The van der Waals surface area contributed by atoms with Crippen molar-refractivity contribution >= 4 is 23.3 Å². The van der Waals surface area contributed by atoms with Gasteiger partial charge in [0.05, 0.1) is 5.56 Å². The molecule has 2 N–H and O–H groups in total. The largest absolute Gasteiger partial charge is 0.351 e. The second kappa shape index (κ2) is 7.88. The first-order chi connectivity index (χ1) is 12.1. The third-order valence-electron chi connectivity index (χ3n) is 4.38. The number of hydrogen-bond acceptors (Lipinski definition) is 5. The molecular weight excluding hydrogens is 316 g/mol. The van der Waals surface area contributed by atoms with Crippen LogP contribution in [-0.4, -0.2) is 27.7 Å². The van der Waals surface area contributed by atoms with Gasteiger partial charge in [0, 0.05) is 29.7 Å². The fraction of sp³-hybridized carbons (Fsp3) is 0.368. The van der Waals surface area contributed by atoms with Crippen molar-refractivity contribution in [3.05, 3.63) is 47.8 Å². The van der Waals surface area contributed by atoms with E-state index in [0.717, 1.165) is 12.8 Å². The lowest BCUT2D eigenvalue weighted by Crippen LogP contribution is -2.23. The molecule has 1 aromatic carbocycles. The van der Waals surface area contributed by atoms with E-state index in [-0.39, 0.29) is 11.7 Å². The standard InChI is InChI=1S/C19H22N4O2/c1-13(24)14-6-5-9-17(10-14)22-18(25)15-11-20-19(21-12-15)23-16-7-3-2-4-8-16/h5-6,9-12,16H,2-4,7-8H2,1H3,(H,22,25)(H,20,21,23). The van der Waals surface area contributed by atoms with E-state index in [1.807, 2.05) is 0 Å².